The van der Waals surface area contributed by atoms with Crippen LogP contribution < -0.4 is 5.32 Å². The molecule has 2 N–H and O–H groups in total. The standard InChI is InChI=1S/C25H21BrN2O6/c1-28(34-14-23(29)30)24(31)15-10-16(26)12-17(11-15)27-25(32)33-13-22-20-8-4-2-6-18(20)19-7-3-5-9-21(19)22/h2-12,22H,13-14H2,1H3,(H,27,32)(H,29,30). The van der Waals surface area contributed by atoms with E-state index >= 15 is 0 Å². The molecule has 8 nitrogen and oxygen atoms in total. The van der Waals surface area contributed by atoms with Crippen LogP contribution in [0.5, 0.6) is 0 Å². The molecule has 9 heteroatoms. The third kappa shape index (κ3) is 5.11. The minimum absolute atomic E-state index is 0.0715. The van der Waals surface area contributed by atoms with Crippen molar-refractivity contribution in [3.63, 3.8) is 0 Å². The lowest BCUT2D eigenvalue weighted by atomic mass is 9.98. The van der Waals surface area contributed by atoms with E-state index in [1.165, 1.54) is 19.2 Å². The van der Waals surface area contributed by atoms with Crippen LogP contribution in [0.3, 0.4) is 0 Å². The average molecular weight is 525 g/mol. The molecule has 0 aromatic heterocycles. The Balaban J connectivity index is 1.43. The monoisotopic (exact) mass is 524 g/mol. The van der Waals surface area contributed by atoms with Gasteiger partial charge in [-0.3, -0.25) is 14.9 Å². The zero-order valence-electron chi connectivity index (χ0n) is 18.2. The summed E-state index contributed by atoms with van der Waals surface area (Å²) in [5.41, 5.74) is 5.01. The molecule has 0 saturated heterocycles. The number of hydrogen-bond donors (Lipinski definition) is 2. The predicted molar refractivity (Wildman–Crippen MR) is 129 cm³/mol. The van der Waals surface area contributed by atoms with Gasteiger partial charge in [0.15, 0.2) is 6.61 Å². The number of hydroxylamine groups is 2. The Morgan fingerprint density at radius 3 is 2.24 bits per heavy atom. The number of fused-ring (bicyclic) bond motifs is 3. The number of aliphatic carboxylic acids is 1. The molecule has 0 aliphatic heterocycles. The van der Waals surface area contributed by atoms with E-state index in [9.17, 15) is 14.4 Å². The highest BCUT2D eigenvalue weighted by Gasteiger charge is 2.29. The molecule has 3 aromatic carbocycles. The SMILES string of the molecule is CN(OCC(=O)O)C(=O)c1cc(Br)cc(NC(=O)OCC2c3ccccc3-c3ccccc32)c1. The molecule has 0 unspecified atom stereocenters. The van der Waals surface area contributed by atoms with Gasteiger partial charge in [-0.25, -0.2) is 14.7 Å². The summed E-state index contributed by atoms with van der Waals surface area (Å²) in [6, 6.07) is 20.7. The van der Waals surface area contributed by atoms with Gasteiger partial charge in [-0.1, -0.05) is 64.5 Å². The van der Waals surface area contributed by atoms with Crippen LogP contribution in [0.25, 0.3) is 11.1 Å². The summed E-state index contributed by atoms with van der Waals surface area (Å²) in [5.74, 6) is -1.84. The number of ether oxygens (including phenoxy) is 1. The summed E-state index contributed by atoms with van der Waals surface area (Å²) in [7, 11) is 1.31. The number of nitrogens with one attached hydrogen (secondary N) is 1. The van der Waals surface area contributed by atoms with Crippen molar-refractivity contribution in [1.82, 2.24) is 5.06 Å². The number of carboxylic acid groups (broad SMARTS) is 1. The fraction of sp³-hybridized carbons (Fsp3) is 0.160. The van der Waals surface area contributed by atoms with Gasteiger partial charge in [0.05, 0.1) is 0 Å². The molecule has 0 fully saturated rings. The molecule has 2 amide bonds. The Hall–Kier alpha value is -3.69. The number of anilines is 1. The second kappa shape index (κ2) is 10.1. The summed E-state index contributed by atoms with van der Waals surface area (Å²) < 4.78 is 6.09. The van der Waals surface area contributed by atoms with Crippen LogP contribution in [0.4, 0.5) is 10.5 Å². The van der Waals surface area contributed by atoms with E-state index in [0.717, 1.165) is 27.3 Å². The first kappa shape index (κ1) is 23.5. The number of carbonyl (C=O) groups excluding carboxylic acids is 2. The molecule has 1 aliphatic carbocycles. The van der Waals surface area contributed by atoms with Crippen molar-refractivity contribution in [2.75, 3.05) is 25.6 Å². The number of amides is 2. The fourth-order valence-electron chi connectivity index (χ4n) is 3.93. The largest absolute Gasteiger partial charge is 0.479 e. The van der Waals surface area contributed by atoms with Crippen molar-refractivity contribution in [3.05, 3.63) is 87.9 Å². The van der Waals surface area contributed by atoms with Crippen LogP contribution in [0.2, 0.25) is 0 Å². The molecular weight excluding hydrogens is 504 g/mol. The molecule has 0 radical (unpaired) electrons. The van der Waals surface area contributed by atoms with Gasteiger partial charge < -0.3 is 9.84 Å². The van der Waals surface area contributed by atoms with E-state index in [2.05, 4.69) is 33.4 Å². The Labute approximate surface area is 204 Å². The summed E-state index contributed by atoms with van der Waals surface area (Å²) in [6.07, 6.45) is -0.658. The van der Waals surface area contributed by atoms with Crippen molar-refractivity contribution in [1.29, 1.82) is 0 Å². The molecule has 0 spiro atoms. The van der Waals surface area contributed by atoms with Gasteiger partial charge in [0.25, 0.3) is 5.91 Å². The number of halogens is 1. The van der Waals surface area contributed by atoms with Gasteiger partial charge in [-0.15, -0.1) is 0 Å². The van der Waals surface area contributed by atoms with E-state index in [1.54, 1.807) is 6.07 Å². The summed E-state index contributed by atoms with van der Waals surface area (Å²) in [6.45, 7) is -0.494. The lowest BCUT2D eigenvalue weighted by Crippen LogP contribution is -2.29. The van der Waals surface area contributed by atoms with E-state index < -0.39 is 24.6 Å². The number of nitrogens with zero attached hydrogens (tertiary/aromatic N) is 1. The first-order valence-corrected chi connectivity index (χ1v) is 11.2. The molecule has 3 aromatic rings. The maximum Gasteiger partial charge on any atom is 0.411 e. The highest BCUT2D eigenvalue weighted by Crippen LogP contribution is 2.44. The van der Waals surface area contributed by atoms with E-state index in [4.69, 9.17) is 14.7 Å². The van der Waals surface area contributed by atoms with Crippen molar-refractivity contribution in [3.8, 4) is 11.1 Å². The van der Waals surface area contributed by atoms with E-state index in [-0.39, 0.29) is 18.1 Å². The summed E-state index contributed by atoms with van der Waals surface area (Å²) >= 11 is 3.31. The number of rotatable bonds is 7. The van der Waals surface area contributed by atoms with Crippen molar-refractivity contribution >= 4 is 39.6 Å². The van der Waals surface area contributed by atoms with Crippen molar-refractivity contribution in [2.45, 2.75) is 5.92 Å². The van der Waals surface area contributed by atoms with Crippen molar-refractivity contribution in [2.24, 2.45) is 0 Å². The van der Waals surface area contributed by atoms with Gasteiger partial charge in [0.1, 0.15) is 6.61 Å². The maximum atomic E-state index is 12.6. The third-order valence-electron chi connectivity index (χ3n) is 5.40. The topological polar surface area (TPSA) is 105 Å². The lowest BCUT2D eigenvalue weighted by molar-refractivity contribution is -0.159. The highest BCUT2D eigenvalue weighted by atomic mass is 79.9. The maximum absolute atomic E-state index is 12.6. The average Bonchev–Trinajstić information content (AvgIpc) is 3.14. The highest BCUT2D eigenvalue weighted by molar-refractivity contribution is 9.10. The van der Waals surface area contributed by atoms with Crippen LogP contribution in [0, 0.1) is 0 Å². The minimum Gasteiger partial charge on any atom is -0.479 e. The van der Waals surface area contributed by atoms with Gasteiger partial charge in [0.2, 0.25) is 0 Å². The molecule has 34 heavy (non-hydrogen) atoms. The van der Waals surface area contributed by atoms with Crippen LogP contribution >= 0.6 is 15.9 Å². The van der Waals surface area contributed by atoms with Gasteiger partial charge in [0, 0.05) is 28.7 Å². The smallest absolute Gasteiger partial charge is 0.411 e. The molecule has 4 rings (SSSR count). The molecule has 1 aliphatic rings. The Morgan fingerprint density at radius 2 is 1.62 bits per heavy atom. The quantitative estimate of drug-likeness (QED) is 0.426. The summed E-state index contributed by atoms with van der Waals surface area (Å²) in [5, 5.41) is 12.2. The first-order valence-electron chi connectivity index (χ1n) is 10.4. The first-order chi connectivity index (χ1) is 16.3. The zero-order valence-corrected chi connectivity index (χ0v) is 19.7. The molecule has 0 atom stereocenters. The van der Waals surface area contributed by atoms with E-state index in [1.807, 2.05) is 36.4 Å². The second-order valence-corrected chi connectivity index (χ2v) is 8.56. The number of benzene rings is 3. The molecule has 0 saturated carbocycles. The van der Waals surface area contributed by atoms with Gasteiger partial charge in [-0.2, -0.15) is 0 Å². The lowest BCUT2D eigenvalue weighted by Gasteiger charge is -2.17. The van der Waals surface area contributed by atoms with Crippen LogP contribution in [-0.4, -0.2) is 48.4 Å². The fourth-order valence-corrected chi connectivity index (χ4v) is 4.42. The predicted octanol–water partition coefficient (Wildman–Crippen LogP) is 4.90. The van der Waals surface area contributed by atoms with Crippen molar-refractivity contribution < 1.29 is 29.1 Å². The molecule has 0 bridgehead atoms. The Kier molecular flexibility index (Phi) is 6.95. The van der Waals surface area contributed by atoms with Crippen LogP contribution in [-0.2, 0) is 14.4 Å². The molecular formula is C25H21BrN2O6. The number of carboxylic acids is 1. The third-order valence-corrected chi connectivity index (χ3v) is 5.86. The number of hydrogen-bond acceptors (Lipinski definition) is 5. The summed E-state index contributed by atoms with van der Waals surface area (Å²) in [4.78, 5) is 40.6. The van der Waals surface area contributed by atoms with Gasteiger partial charge >= 0.3 is 12.1 Å². The normalized spacial score (nSPS) is 11.9. The second-order valence-electron chi connectivity index (χ2n) is 7.65. The van der Waals surface area contributed by atoms with Crippen LogP contribution in [0.15, 0.2) is 71.2 Å². The zero-order chi connectivity index (χ0) is 24.2. The van der Waals surface area contributed by atoms with Gasteiger partial charge in [-0.05, 0) is 40.5 Å². The Bertz CT molecular complexity index is 1220. The Morgan fingerprint density at radius 1 is 1.00 bits per heavy atom. The van der Waals surface area contributed by atoms with E-state index in [0.29, 0.717) is 10.2 Å². The molecule has 0 heterocycles. The van der Waals surface area contributed by atoms with Crippen LogP contribution in [0.1, 0.15) is 27.4 Å². The molecule has 174 valence electrons. The minimum atomic E-state index is -1.20. The number of carbonyl (C=O) groups is 3.